The van der Waals surface area contributed by atoms with E-state index < -0.39 is 0 Å². The molecule has 3 rings (SSSR count). The molecule has 2 heterocycles. The van der Waals surface area contributed by atoms with E-state index in [4.69, 9.17) is 5.73 Å². The van der Waals surface area contributed by atoms with Crippen LogP contribution in [0.2, 0.25) is 0 Å². The van der Waals surface area contributed by atoms with E-state index in [1.807, 2.05) is 12.1 Å². The number of hydrogen-bond donors (Lipinski definition) is 2. The molecule has 1 aliphatic heterocycles. The fraction of sp³-hybridized carbons (Fsp3) is 0.474. The van der Waals surface area contributed by atoms with Gasteiger partial charge in [-0.3, -0.25) is 0 Å². The van der Waals surface area contributed by atoms with Gasteiger partial charge in [-0.05, 0) is 43.9 Å². The van der Waals surface area contributed by atoms with Gasteiger partial charge in [-0.2, -0.15) is 4.98 Å². The van der Waals surface area contributed by atoms with Crippen LogP contribution in [-0.2, 0) is 6.42 Å². The summed E-state index contributed by atoms with van der Waals surface area (Å²) in [5.74, 6) is 1.16. The van der Waals surface area contributed by atoms with Crippen molar-refractivity contribution in [2.45, 2.75) is 45.6 Å². The van der Waals surface area contributed by atoms with Crippen LogP contribution in [0.15, 0.2) is 24.3 Å². The van der Waals surface area contributed by atoms with Gasteiger partial charge in [-0.15, -0.1) is 0 Å². The predicted molar refractivity (Wildman–Crippen MR) is 99.9 cm³/mol. The normalized spacial score (nSPS) is 17.6. The second-order valence-electron chi connectivity index (χ2n) is 6.73. The van der Waals surface area contributed by atoms with Crippen LogP contribution in [0.3, 0.4) is 0 Å². The number of nitrogens with one attached hydrogen (secondary N) is 1. The highest BCUT2D eigenvalue weighted by molar-refractivity contribution is 5.56. The van der Waals surface area contributed by atoms with Gasteiger partial charge in [0.2, 0.25) is 5.95 Å². The molecule has 1 fully saturated rings. The minimum atomic E-state index is -0.239. The Morgan fingerprint density at radius 3 is 2.88 bits per heavy atom. The molecule has 1 unspecified atom stereocenters. The molecule has 3 N–H and O–H groups in total. The number of nitrogens with zero attached hydrogens (tertiary/aromatic N) is 3. The first kappa shape index (κ1) is 17.6. The average Bonchev–Trinajstić information content (AvgIpc) is 2.58. The molecular formula is C19H26FN5. The molecule has 5 nitrogen and oxygen atoms in total. The van der Waals surface area contributed by atoms with E-state index in [9.17, 15) is 4.39 Å². The number of piperidine rings is 1. The number of halogens is 1. The Hall–Kier alpha value is -2.21. The first-order valence-electron chi connectivity index (χ1n) is 8.97. The lowest BCUT2D eigenvalue weighted by molar-refractivity contribution is 0.503. The average molecular weight is 343 g/mol. The second kappa shape index (κ2) is 7.78. The molecule has 0 spiro atoms. The van der Waals surface area contributed by atoms with Crippen molar-refractivity contribution < 1.29 is 4.39 Å². The van der Waals surface area contributed by atoms with Crippen LogP contribution in [-0.4, -0.2) is 29.1 Å². The van der Waals surface area contributed by atoms with Crippen molar-refractivity contribution in [2.75, 3.05) is 23.3 Å². The number of nitrogens with two attached hydrogens (primary N) is 1. The molecule has 2 aromatic rings. The first-order chi connectivity index (χ1) is 12.0. The third kappa shape index (κ3) is 4.45. The van der Waals surface area contributed by atoms with Gasteiger partial charge in [0.05, 0.1) is 0 Å². The summed E-state index contributed by atoms with van der Waals surface area (Å²) in [6, 6.07) is 7.29. The Balaban J connectivity index is 1.88. The quantitative estimate of drug-likeness (QED) is 0.869. The summed E-state index contributed by atoms with van der Waals surface area (Å²) in [6.07, 6.45) is 4.01. The van der Waals surface area contributed by atoms with E-state index in [1.54, 1.807) is 13.0 Å². The SMILES string of the molecule is CCCc1cc(N2CCCC(N)C2)nc(Nc2ccc(C)c(F)c2)n1. The lowest BCUT2D eigenvalue weighted by atomic mass is 10.1. The maximum Gasteiger partial charge on any atom is 0.229 e. The second-order valence-corrected chi connectivity index (χ2v) is 6.73. The van der Waals surface area contributed by atoms with Crippen LogP contribution in [0.5, 0.6) is 0 Å². The number of benzene rings is 1. The van der Waals surface area contributed by atoms with E-state index in [2.05, 4.69) is 27.1 Å². The molecule has 6 heteroatoms. The maximum atomic E-state index is 13.8. The van der Waals surface area contributed by atoms with Gasteiger partial charge < -0.3 is 16.0 Å². The van der Waals surface area contributed by atoms with E-state index >= 15 is 0 Å². The summed E-state index contributed by atoms with van der Waals surface area (Å²) in [4.78, 5) is 11.4. The molecule has 1 aromatic heterocycles. The Morgan fingerprint density at radius 2 is 2.16 bits per heavy atom. The molecule has 25 heavy (non-hydrogen) atoms. The fourth-order valence-electron chi connectivity index (χ4n) is 3.10. The Labute approximate surface area is 148 Å². The largest absolute Gasteiger partial charge is 0.355 e. The molecule has 1 aliphatic rings. The number of rotatable bonds is 5. The first-order valence-corrected chi connectivity index (χ1v) is 8.97. The molecule has 0 radical (unpaired) electrons. The topological polar surface area (TPSA) is 67.1 Å². The van der Waals surface area contributed by atoms with Crippen molar-refractivity contribution in [1.82, 2.24) is 9.97 Å². The molecule has 1 saturated heterocycles. The van der Waals surface area contributed by atoms with Gasteiger partial charge in [-0.1, -0.05) is 19.4 Å². The predicted octanol–water partition coefficient (Wildman–Crippen LogP) is 3.55. The highest BCUT2D eigenvalue weighted by Crippen LogP contribution is 2.23. The standard InChI is InChI=1S/C19H26FN5/c1-3-5-15-11-18(25-9-4-6-14(21)12-25)24-19(22-15)23-16-8-7-13(2)17(20)10-16/h7-8,10-11,14H,3-6,9,12,21H2,1-2H3,(H,22,23,24). The van der Waals surface area contributed by atoms with Crippen LogP contribution < -0.4 is 16.0 Å². The van der Waals surface area contributed by atoms with Crippen molar-refractivity contribution in [3.05, 3.63) is 41.3 Å². The molecule has 0 saturated carbocycles. The summed E-state index contributed by atoms with van der Waals surface area (Å²) in [5.41, 5.74) is 8.37. The van der Waals surface area contributed by atoms with Crippen LogP contribution in [0.25, 0.3) is 0 Å². The molecule has 1 aromatic carbocycles. The van der Waals surface area contributed by atoms with Crippen LogP contribution in [0, 0.1) is 12.7 Å². The van der Waals surface area contributed by atoms with Gasteiger partial charge >= 0.3 is 0 Å². The van der Waals surface area contributed by atoms with Gasteiger partial charge in [0, 0.05) is 36.6 Å². The van der Waals surface area contributed by atoms with Crippen molar-refractivity contribution in [3.8, 4) is 0 Å². The lowest BCUT2D eigenvalue weighted by Gasteiger charge is -2.32. The molecule has 0 bridgehead atoms. The molecule has 1 atom stereocenters. The minimum Gasteiger partial charge on any atom is -0.355 e. The monoisotopic (exact) mass is 343 g/mol. The minimum absolute atomic E-state index is 0.181. The van der Waals surface area contributed by atoms with Gasteiger partial charge in [0.15, 0.2) is 0 Å². The zero-order valence-corrected chi connectivity index (χ0v) is 14.9. The third-order valence-electron chi connectivity index (χ3n) is 4.48. The summed E-state index contributed by atoms with van der Waals surface area (Å²) < 4.78 is 13.8. The number of aromatic nitrogens is 2. The zero-order chi connectivity index (χ0) is 17.8. The van der Waals surface area contributed by atoms with Crippen molar-refractivity contribution in [2.24, 2.45) is 5.73 Å². The van der Waals surface area contributed by atoms with E-state index in [1.165, 1.54) is 6.07 Å². The third-order valence-corrected chi connectivity index (χ3v) is 4.48. The molecule has 134 valence electrons. The van der Waals surface area contributed by atoms with Crippen molar-refractivity contribution >= 4 is 17.5 Å². The van der Waals surface area contributed by atoms with Gasteiger partial charge in [0.1, 0.15) is 11.6 Å². The number of aryl methyl sites for hydroxylation is 2. The summed E-state index contributed by atoms with van der Waals surface area (Å²) >= 11 is 0. The molecule has 0 amide bonds. The van der Waals surface area contributed by atoms with Gasteiger partial charge in [-0.25, -0.2) is 9.37 Å². The fourth-order valence-corrected chi connectivity index (χ4v) is 3.10. The van der Waals surface area contributed by atoms with Crippen LogP contribution in [0.4, 0.5) is 21.8 Å². The number of anilines is 3. The zero-order valence-electron chi connectivity index (χ0n) is 14.9. The highest BCUT2D eigenvalue weighted by Gasteiger charge is 2.19. The Bertz CT molecular complexity index is 734. The Kier molecular flexibility index (Phi) is 5.48. The van der Waals surface area contributed by atoms with E-state index in [0.29, 0.717) is 17.2 Å². The number of hydrogen-bond acceptors (Lipinski definition) is 5. The van der Waals surface area contributed by atoms with Crippen LogP contribution >= 0.6 is 0 Å². The maximum absolute atomic E-state index is 13.8. The highest BCUT2D eigenvalue weighted by atomic mass is 19.1. The summed E-state index contributed by atoms with van der Waals surface area (Å²) in [7, 11) is 0. The van der Waals surface area contributed by atoms with E-state index in [-0.39, 0.29) is 11.9 Å². The van der Waals surface area contributed by atoms with Crippen molar-refractivity contribution in [1.29, 1.82) is 0 Å². The van der Waals surface area contributed by atoms with Crippen LogP contribution in [0.1, 0.15) is 37.4 Å². The lowest BCUT2D eigenvalue weighted by Crippen LogP contribution is -2.43. The van der Waals surface area contributed by atoms with E-state index in [0.717, 1.165) is 50.3 Å². The Morgan fingerprint density at radius 1 is 1.32 bits per heavy atom. The summed E-state index contributed by atoms with van der Waals surface area (Å²) in [6.45, 7) is 5.63. The van der Waals surface area contributed by atoms with Gasteiger partial charge in [0.25, 0.3) is 0 Å². The molecular weight excluding hydrogens is 317 g/mol. The molecule has 0 aliphatic carbocycles. The smallest absolute Gasteiger partial charge is 0.229 e. The van der Waals surface area contributed by atoms with Crippen molar-refractivity contribution in [3.63, 3.8) is 0 Å². The summed E-state index contributed by atoms with van der Waals surface area (Å²) in [5, 5.41) is 3.14.